The van der Waals surface area contributed by atoms with Crippen LogP contribution >= 0.6 is 0 Å². The number of morpholine rings is 1. The Morgan fingerprint density at radius 1 is 1.42 bits per heavy atom. The van der Waals surface area contributed by atoms with Crippen LogP contribution in [0.3, 0.4) is 0 Å². The van der Waals surface area contributed by atoms with E-state index in [0.29, 0.717) is 0 Å². The predicted octanol–water partition coefficient (Wildman–Crippen LogP) is 1.05. The lowest BCUT2D eigenvalue weighted by atomic mass is 10.2. The highest BCUT2D eigenvalue weighted by Gasteiger charge is 2.17. The third kappa shape index (κ3) is 2.67. The fourth-order valence-electron chi connectivity index (χ4n) is 2.42. The molecule has 1 aromatic heterocycles. The smallest absolute Gasteiger partial charge is 0.158 e. The molecule has 1 aliphatic heterocycles. The molecular formula is C14H18N4O. The van der Waals surface area contributed by atoms with Gasteiger partial charge in [0.15, 0.2) is 5.82 Å². The van der Waals surface area contributed by atoms with Crippen molar-refractivity contribution < 1.29 is 4.74 Å². The summed E-state index contributed by atoms with van der Waals surface area (Å²) in [5, 5.41) is 13.9. The van der Waals surface area contributed by atoms with Gasteiger partial charge in [0.05, 0.1) is 18.9 Å². The Hall–Kier alpha value is -1.72. The van der Waals surface area contributed by atoms with Crippen molar-refractivity contribution in [3.63, 3.8) is 0 Å². The molecule has 100 valence electrons. The van der Waals surface area contributed by atoms with Crippen LogP contribution in [0.5, 0.6) is 0 Å². The van der Waals surface area contributed by atoms with Crippen LogP contribution < -0.4 is 10.2 Å². The Labute approximate surface area is 112 Å². The molecule has 2 heterocycles. The number of nitrogens with one attached hydrogen (secondary N) is 1. The van der Waals surface area contributed by atoms with E-state index >= 15 is 0 Å². The maximum atomic E-state index is 5.73. The first kappa shape index (κ1) is 12.3. The van der Waals surface area contributed by atoms with Gasteiger partial charge in [-0.15, -0.1) is 5.10 Å². The summed E-state index contributed by atoms with van der Waals surface area (Å²) in [5.41, 5.74) is 0. The summed E-state index contributed by atoms with van der Waals surface area (Å²) in [6.07, 6.45) is 2.00. The fourth-order valence-corrected chi connectivity index (χ4v) is 2.42. The van der Waals surface area contributed by atoms with E-state index in [-0.39, 0.29) is 6.10 Å². The molecule has 5 heteroatoms. The second kappa shape index (κ2) is 5.50. The van der Waals surface area contributed by atoms with E-state index < -0.39 is 0 Å². The van der Waals surface area contributed by atoms with Gasteiger partial charge in [-0.3, -0.25) is 0 Å². The average molecular weight is 258 g/mol. The number of hydrogen-bond acceptors (Lipinski definition) is 5. The SMILES string of the molecule is CN(CC1CNCCO1)c1nncc2ccccc12. The van der Waals surface area contributed by atoms with E-state index in [2.05, 4.69) is 32.5 Å². The lowest BCUT2D eigenvalue weighted by molar-refractivity contribution is 0.0339. The van der Waals surface area contributed by atoms with Crippen LogP contribution in [-0.2, 0) is 4.74 Å². The highest BCUT2D eigenvalue weighted by Crippen LogP contribution is 2.22. The highest BCUT2D eigenvalue weighted by molar-refractivity contribution is 5.91. The standard InChI is InChI=1S/C14H18N4O/c1-18(10-12-9-15-6-7-19-12)14-13-5-3-2-4-11(13)8-16-17-14/h2-5,8,12,15H,6-7,9-10H2,1H3. The van der Waals surface area contributed by atoms with E-state index in [1.807, 2.05) is 19.2 Å². The van der Waals surface area contributed by atoms with Gasteiger partial charge in [-0.25, -0.2) is 0 Å². The van der Waals surface area contributed by atoms with Crippen LogP contribution in [0.2, 0.25) is 0 Å². The van der Waals surface area contributed by atoms with Gasteiger partial charge in [0.2, 0.25) is 0 Å². The first-order valence-corrected chi connectivity index (χ1v) is 6.58. The molecule has 0 spiro atoms. The van der Waals surface area contributed by atoms with Crippen LogP contribution in [-0.4, -0.2) is 49.6 Å². The summed E-state index contributed by atoms with van der Waals surface area (Å²) in [6.45, 7) is 3.42. The molecule has 5 nitrogen and oxygen atoms in total. The van der Waals surface area contributed by atoms with E-state index in [1.54, 1.807) is 6.20 Å². The second-order valence-corrected chi connectivity index (χ2v) is 4.83. The average Bonchev–Trinajstić information content (AvgIpc) is 2.47. The molecule has 0 amide bonds. The molecular weight excluding hydrogens is 240 g/mol. The fraction of sp³-hybridized carbons (Fsp3) is 0.429. The number of likely N-dealkylation sites (N-methyl/N-ethyl adjacent to an activating group) is 1. The number of aromatic nitrogens is 2. The van der Waals surface area contributed by atoms with Crippen molar-refractivity contribution in [1.82, 2.24) is 15.5 Å². The van der Waals surface area contributed by atoms with Gasteiger partial charge in [0.1, 0.15) is 0 Å². The van der Waals surface area contributed by atoms with Gasteiger partial charge < -0.3 is 15.0 Å². The molecule has 1 atom stereocenters. The third-order valence-electron chi connectivity index (χ3n) is 3.39. The van der Waals surface area contributed by atoms with Gasteiger partial charge in [-0.2, -0.15) is 5.10 Å². The molecule has 1 aliphatic rings. The minimum Gasteiger partial charge on any atom is -0.374 e. The lowest BCUT2D eigenvalue weighted by Gasteiger charge is -2.28. The number of hydrogen-bond donors (Lipinski definition) is 1. The van der Waals surface area contributed by atoms with Gasteiger partial charge in [-0.05, 0) is 0 Å². The van der Waals surface area contributed by atoms with Gasteiger partial charge in [0, 0.05) is 37.5 Å². The summed E-state index contributed by atoms with van der Waals surface area (Å²) >= 11 is 0. The molecule has 1 N–H and O–H groups in total. The summed E-state index contributed by atoms with van der Waals surface area (Å²) in [7, 11) is 2.04. The van der Waals surface area contributed by atoms with E-state index in [9.17, 15) is 0 Å². The summed E-state index contributed by atoms with van der Waals surface area (Å²) in [5.74, 6) is 0.910. The molecule has 19 heavy (non-hydrogen) atoms. The monoisotopic (exact) mass is 258 g/mol. The zero-order chi connectivity index (χ0) is 13.1. The molecule has 0 saturated carbocycles. The normalized spacial score (nSPS) is 19.5. The summed E-state index contributed by atoms with van der Waals surface area (Å²) < 4.78 is 5.73. The zero-order valence-electron chi connectivity index (χ0n) is 11.0. The van der Waals surface area contributed by atoms with Crippen LogP contribution in [0, 0.1) is 0 Å². The van der Waals surface area contributed by atoms with E-state index in [4.69, 9.17) is 4.74 Å². The molecule has 3 rings (SSSR count). The van der Waals surface area contributed by atoms with Crippen molar-refractivity contribution in [2.75, 3.05) is 38.2 Å². The summed E-state index contributed by atoms with van der Waals surface area (Å²) in [6, 6.07) is 8.18. The van der Waals surface area contributed by atoms with Gasteiger partial charge in [-0.1, -0.05) is 24.3 Å². The number of nitrogens with zero attached hydrogens (tertiary/aromatic N) is 3. The topological polar surface area (TPSA) is 50.3 Å². The maximum absolute atomic E-state index is 5.73. The Balaban J connectivity index is 1.82. The molecule has 1 fully saturated rings. The molecule has 0 bridgehead atoms. The largest absolute Gasteiger partial charge is 0.374 e. The number of anilines is 1. The Kier molecular flexibility index (Phi) is 3.57. The number of rotatable bonds is 3. The first-order valence-electron chi connectivity index (χ1n) is 6.58. The minimum absolute atomic E-state index is 0.208. The molecule has 2 aromatic rings. The van der Waals surface area contributed by atoms with Crippen molar-refractivity contribution in [3.05, 3.63) is 30.5 Å². The van der Waals surface area contributed by atoms with Crippen LogP contribution in [0.25, 0.3) is 10.8 Å². The van der Waals surface area contributed by atoms with Crippen molar-refractivity contribution >= 4 is 16.6 Å². The quantitative estimate of drug-likeness (QED) is 0.892. The van der Waals surface area contributed by atoms with Crippen molar-refractivity contribution in [1.29, 1.82) is 0 Å². The molecule has 0 aliphatic carbocycles. The van der Waals surface area contributed by atoms with E-state index in [1.165, 1.54) is 0 Å². The molecule has 1 saturated heterocycles. The third-order valence-corrected chi connectivity index (χ3v) is 3.39. The first-order chi connectivity index (χ1) is 9.34. The van der Waals surface area contributed by atoms with Crippen LogP contribution in [0.4, 0.5) is 5.82 Å². The van der Waals surface area contributed by atoms with Crippen molar-refractivity contribution in [2.45, 2.75) is 6.10 Å². The molecule has 0 radical (unpaired) electrons. The second-order valence-electron chi connectivity index (χ2n) is 4.83. The van der Waals surface area contributed by atoms with Crippen LogP contribution in [0.1, 0.15) is 0 Å². The van der Waals surface area contributed by atoms with Crippen molar-refractivity contribution in [2.24, 2.45) is 0 Å². The Morgan fingerprint density at radius 2 is 2.32 bits per heavy atom. The Bertz CT molecular complexity index is 549. The summed E-state index contributed by atoms with van der Waals surface area (Å²) in [4.78, 5) is 2.12. The Morgan fingerprint density at radius 3 is 3.16 bits per heavy atom. The number of fused-ring (bicyclic) bond motifs is 1. The minimum atomic E-state index is 0.208. The van der Waals surface area contributed by atoms with Gasteiger partial charge >= 0.3 is 0 Å². The molecule has 1 unspecified atom stereocenters. The van der Waals surface area contributed by atoms with Crippen LogP contribution in [0.15, 0.2) is 30.5 Å². The zero-order valence-corrected chi connectivity index (χ0v) is 11.0. The van der Waals surface area contributed by atoms with Crippen molar-refractivity contribution in [3.8, 4) is 0 Å². The lowest BCUT2D eigenvalue weighted by Crippen LogP contribution is -2.44. The molecule has 1 aromatic carbocycles. The predicted molar refractivity (Wildman–Crippen MR) is 75.4 cm³/mol. The van der Waals surface area contributed by atoms with E-state index in [0.717, 1.165) is 42.8 Å². The number of benzene rings is 1. The highest BCUT2D eigenvalue weighted by atomic mass is 16.5. The van der Waals surface area contributed by atoms with Gasteiger partial charge in [0.25, 0.3) is 0 Å². The maximum Gasteiger partial charge on any atom is 0.158 e. The number of ether oxygens (including phenoxy) is 1.